The molecule has 208 valence electrons. The van der Waals surface area contributed by atoms with Crippen molar-refractivity contribution in [2.45, 2.75) is 107 Å². The van der Waals surface area contributed by atoms with Gasteiger partial charge in [0, 0.05) is 16.7 Å². The first-order valence-electron chi connectivity index (χ1n) is 14.7. The zero-order valence-electron chi connectivity index (χ0n) is 25.3. The predicted octanol–water partition coefficient (Wildman–Crippen LogP) is 9.45. The largest absolute Gasteiger partial charge is 0.423 e. The third-order valence-corrected chi connectivity index (χ3v) is 7.65. The first kappa shape index (κ1) is 30.3. The number of unbranched alkanes of at least 4 members (excludes halogenated alkanes) is 4. The van der Waals surface area contributed by atoms with E-state index in [0.29, 0.717) is 17.7 Å². The Morgan fingerprint density at radius 2 is 1.10 bits per heavy atom. The number of esters is 1. The van der Waals surface area contributed by atoms with Gasteiger partial charge >= 0.3 is 5.97 Å². The van der Waals surface area contributed by atoms with Gasteiger partial charge in [-0.15, -0.1) is 0 Å². The molecule has 0 radical (unpaired) electrons. The van der Waals surface area contributed by atoms with Crippen LogP contribution < -0.4 is 4.74 Å². The Labute approximate surface area is 236 Å². The van der Waals surface area contributed by atoms with E-state index in [2.05, 4.69) is 32.9 Å². The minimum atomic E-state index is -0.360. The lowest BCUT2D eigenvalue weighted by Crippen LogP contribution is -2.17. The van der Waals surface area contributed by atoms with Crippen LogP contribution in [0, 0.1) is 41.5 Å². The monoisotopic (exact) mass is 526 g/mol. The summed E-state index contributed by atoms with van der Waals surface area (Å²) in [5.74, 6) is 0.200. The van der Waals surface area contributed by atoms with Crippen LogP contribution in [-0.2, 0) is 12.8 Å². The van der Waals surface area contributed by atoms with Crippen LogP contribution in [0.2, 0.25) is 0 Å². The number of aryl methyl sites for hydroxylation is 7. The van der Waals surface area contributed by atoms with Gasteiger partial charge in [-0.25, -0.2) is 4.79 Å². The van der Waals surface area contributed by atoms with Crippen LogP contribution in [0.15, 0.2) is 36.4 Å². The molecule has 0 aromatic heterocycles. The van der Waals surface area contributed by atoms with E-state index < -0.39 is 0 Å². The Morgan fingerprint density at radius 3 is 1.62 bits per heavy atom. The van der Waals surface area contributed by atoms with Crippen LogP contribution in [0.25, 0.3) is 0 Å². The molecule has 0 saturated heterocycles. The second kappa shape index (κ2) is 13.7. The molecule has 0 aliphatic rings. The number of ether oxygens (including phenoxy) is 1. The van der Waals surface area contributed by atoms with Gasteiger partial charge in [0.05, 0.1) is 5.56 Å². The Kier molecular flexibility index (Phi) is 10.7. The number of carbonyl (C=O) groups is 2. The topological polar surface area (TPSA) is 43.4 Å². The third kappa shape index (κ3) is 7.26. The number of benzene rings is 3. The molecule has 0 atom stereocenters. The summed E-state index contributed by atoms with van der Waals surface area (Å²) in [6.45, 7) is 16.4. The van der Waals surface area contributed by atoms with Crippen molar-refractivity contribution >= 4 is 11.8 Å². The zero-order valence-corrected chi connectivity index (χ0v) is 25.3. The lowest BCUT2D eigenvalue weighted by atomic mass is 9.85. The van der Waals surface area contributed by atoms with E-state index in [-0.39, 0.29) is 11.8 Å². The molecule has 0 aliphatic carbocycles. The number of ketones is 1. The number of hydrogen-bond donors (Lipinski definition) is 0. The SMILES string of the molecule is CCCCCc1ccc(OC(=O)c2c(C)cc(C)cc2C)c(CCCCC)c1C(=O)c1c(C)cc(C)cc1C. The molecule has 39 heavy (non-hydrogen) atoms. The van der Waals surface area contributed by atoms with E-state index in [1.165, 1.54) is 0 Å². The van der Waals surface area contributed by atoms with E-state index in [1.54, 1.807) is 0 Å². The first-order valence-corrected chi connectivity index (χ1v) is 14.7. The minimum absolute atomic E-state index is 0.0450. The van der Waals surface area contributed by atoms with Crippen molar-refractivity contribution in [1.29, 1.82) is 0 Å². The molecule has 3 aromatic rings. The number of carbonyl (C=O) groups excluding carboxylic acids is 2. The zero-order chi connectivity index (χ0) is 28.7. The fourth-order valence-corrected chi connectivity index (χ4v) is 5.95. The quantitative estimate of drug-likeness (QED) is 0.102. The Bertz CT molecular complexity index is 1300. The van der Waals surface area contributed by atoms with E-state index in [9.17, 15) is 9.59 Å². The average Bonchev–Trinajstić information content (AvgIpc) is 2.84. The van der Waals surface area contributed by atoms with E-state index in [0.717, 1.165) is 101 Å². The van der Waals surface area contributed by atoms with Gasteiger partial charge in [-0.1, -0.05) is 81.0 Å². The Morgan fingerprint density at radius 1 is 0.615 bits per heavy atom. The highest BCUT2D eigenvalue weighted by Gasteiger charge is 2.26. The summed E-state index contributed by atoms with van der Waals surface area (Å²) in [5.41, 5.74) is 10.1. The minimum Gasteiger partial charge on any atom is -0.423 e. The van der Waals surface area contributed by atoms with Crippen LogP contribution in [-0.4, -0.2) is 11.8 Å². The molecule has 3 heteroatoms. The number of hydrogen-bond acceptors (Lipinski definition) is 3. The second-order valence-electron chi connectivity index (χ2n) is 11.3. The van der Waals surface area contributed by atoms with E-state index in [4.69, 9.17) is 4.74 Å². The van der Waals surface area contributed by atoms with Crippen molar-refractivity contribution in [2.24, 2.45) is 0 Å². The lowest BCUT2D eigenvalue weighted by molar-refractivity contribution is 0.0730. The maximum atomic E-state index is 14.4. The maximum absolute atomic E-state index is 14.4. The molecule has 0 saturated carbocycles. The summed E-state index contributed by atoms with van der Waals surface area (Å²) < 4.78 is 6.16. The van der Waals surface area contributed by atoms with Crippen LogP contribution in [0.3, 0.4) is 0 Å². The van der Waals surface area contributed by atoms with Gasteiger partial charge in [-0.05, 0) is 101 Å². The van der Waals surface area contributed by atoms with E-state index >= 15 is 0 Å². The Hall–Kier alpha value is -3.20. The molecule has 0 spiro atoms. The molecule has 0 heterocycles. The van der Waals surface area contributed by atoms with Crippen molar-refractivity contribution in [1.82, 2.24) is 0 Å². The van der Waals surface area contributed by atoms with Crippen molar-refractivity contribution < 1.29 is 14.3 Å². The fraction of sp³-hybridized carbons (Fsp3) is 0.444. The molecule has 0 amide bonds. The highest BCUT2D eigenvalue weighted by atomic mass is 16.5. The predicted molar refractivity (Wildman–Crippen MR) is 163 cm³/mol. The van der Waals surface area contributed by atoms with Gasteiger partial charge in [0.25, 0.3) is 0 Å². The summed E-state index contributed by atoms with van der Waals surface area (Å²) in [6.07, 6.45) is 7.87. The average molecular weight is 527 g/mol. The van der Waals surface area contributed by atoms with Gasteiger partial charge in [0.15, 0.2) is 5.78 Å². The molecule has 0 fully saturated rings. The summed E-state index contributed by atoms with van der Waals surface area (Å²) in [4.78, 5) is 28.0. The van der Waals surface area contributed by atoms with Gasteiger partial charge in [-0.2, -0.15) is 0 Å². The molecular formula is C36H46O3. The highest BCUT2D eigenvalue weighted by molar-refractivity contribution is 6.13. The van der Waals surface area contributed by atoms with Crippen molar-refractivity contribution in [3.8, 4) is 5.75 Å². The summed E-state index contributed by atoms with van der Waals surface area (Å²) in [7, 11) is 0. The molecule has 3 nitrogen and oxygen atoms in total. The smallest absolute Gasteiger partial charge is 0.344 e. The normalized spacial score (nSPS) is 11.1. The van der Waals surface area contributed by atoms with E-state index in [1.807, 2.05) is 58.9 Å². The van der Waals surface area contributed by atoms with Gasteiger partial charge in [0.2, 0.25) is 0 Å². The maximum Gasteiger partial charge on any atom is 0.344 e. The Balaban J connectivity index is 2.19. The molecule has 3 rings (SSSR count). The van der Waals surface area contributed by atoms with Gasteiger partial charge in [0.1, 0.15) is 5.75 Å². The van der Waals surface area contributed by atoms with Crippen molar-refractivity contribution in [3.05, 3.63) is 97.6 Å². The van der Waals surface area contributed by atoms with Crippen molar-refractivity contribution in [3.63, 3.8) is 0 Å². The molecule has 0 N–H and O–H groups in total. The lowest BCUT2D eigenvalue weighted by Gasteiger charge is -2.20. The second-order valence-corrected chi connectivity index (χ2v) is 11.3. The molecular weight excluding hydrogens is 480 g/mol. The molecule has 0 aliphatic heterocycles. The summed E-state index contributed by atoms with van der Waals surface area (Å²) in [5, 5.41) is 0. The third-order valence-electron chi connectivity index (χ3n) is 7.65. The van der Waals surface area contributed by atoms with Gasteiger partial charge < -0.3 is 4.74 Å². The fourth-order valence-electron chi connectivity index (χ4n) is 5.95. The van der Waals surface area contributed by atoms with Gasteiger partial charge in [-0.3, -0.25) is 4.79 Å². The van der Waals surface area contributed by atoms with Crippen LogP contribution >= 0.6 is 0 Å². The summed E-state index contributed by atoms with van der Waals surface area (Å²) in [6, 6.07) is 12.1. The van der Waals surface area contributed by atoms with Crippen LogP contribution in [0.1, 0.15) is 123 Å². The molecule has 0 unspecified atom stereocenters. The summed E-state index contributed by atoms with van der Waals surface area (Å²) >= 11 is 0. The van der Waals surface area contributed by atoms with Crippen LogP contribution in [0.4, 0.5) is 0 Å². The highest BCUT2D eigenvalue weighted by Crippen LogP contribution is 2.33. The molecule has 3 aromatic carbocycles. The number of rotatable bonds is 12. The van der Waals surface area contributed by atoms with Crippen molar-refractivity contribution in [2.75, 3.05) is 0 Å². The first-order chi connectivity index (χ1) is 18.6. The van der Waals surface area contributed by atoms with Crippen LogP contribution in [0.5, 0.6) is 5.75 Å². The standard InChI is InChI=1S/C36H46O3/c1-9-11-13-15-29-17-18-31(39-36(38)33-27(7)21-24(4)22-28(33)8)30(16-14-12-10-2)34(29)35(37)32-25(5)19-23(3)20-26(32)6/h17-22H,9-16H2,1-8H3. The molecule has 0 bridgehead atoms.